The van der Waals surface area contributed by atoms with E-state index in [-0.39, 0.29) is 16.7 Å². The van der Waals surface area contributed by atoms with Crippen LogP contribution in [0.3, 0.4) is 0 Å². The van der Waals surface area contributed by atoms with Crippen LogP contribution < -0.4 is 9.54 Å². The molecule has 8 nitrogen and oxygen atoms in total. The van der Waals surface area contributed by atoms with Crippen molar-refractivity contribution in [3.63, 3.8) is 0 Å². The molecule has 3 rings (SSSR count). The van der Waals surface area contributed by atoms with Crippen LogP contribution in [0.15, 0.2) is 52.4 Å². The third-order valence-electron chi connectivity index (χ3n) is 5.48. The molecule has 36 heavy (non-hydrogen) atoms. The van der Waals surface area contributed by atoms with Crippen molar-refractivity contribution < 1.29 is 22.7 Å². The normalized spacial score (nSPS) is 12.9. The molecule has 0 atom stereocenters. The Morgan fingerprint density at radius 1 is 1.03 bits per heavy atom. The number of carbonyl (C=O) groups excluding carboxylic acids is 1. The van der Waals surface area contributed by atoms with Gasteiger partial charge in [0.25, 0.3) is 5.91 Å². The lowest BCUT2D eigenvalue weighted by Crippen LogP contribution is -2.37. The van der Waals surface area contributed by atoms with Crippen LogP contribution in [-0.2, 0) is 21.3 Å². The fourth-order valence-corrected chi connectivity index (χ4v) is 6.67. The molecule has 0 fully saturated rings. The summed E-state index contributed by atoms with van der Waals surface area (Å²) < 4.78 is 41.5. The van der Waals surface area contributed by atoms with Gasteiger partial charge in [-0.1, -0.05) is 39.0 Å². The van der Waals surface area contributed by atoms with Gasteiger partial charge in [-0.25, -0.2) is 8.42 Å². The molecule has 1 amide bonds. The number of rotatable bonds is 11. The summed E-state index contributed by atoms with van der Waals surface area (Å²) in [5, 5.41) is 0. The van der Waals surface area contributed by atoms with E-state index in [4.69, 9.17) is 9.47 Å². The Balaban J connectivity index is 1.94. The first-order valence-corrected chi connectivity index (χ1v) is 14.2. The van der Waals surface area contributed by atoms with Crippen LogP contribution in [0.1, 0.15) is 38.1 Å². The smallest absolute Gasteiger partial charge is 0.279 e. The number of hydrogen-bond acceptors (Lipinski definition) is 6. The molecule has 0 bridgehead atoms. The summed E-state index contributed by atoms with van der Waals surface area (Å²) in [6.45, 7) is 9.86. The predicted octanol–water partition coefficient (Wildman–Crippen LogP) is 4.40. The second-order valence-electron chi connectivity index (χ2n) is 9.41. The van der Waals surface area contributed by atoms with E-state index in [1.807, 2.05) is 50.5 Å². The van der Waals surface area contributed by atoms with E-state index in [9.17, 15) is 13.2 Å². The first kappa shape index (κ1) is 28.0. The molecule has 0 unspecified atom stereocenters. The zero-order chi connectivity index (χ0) is 26.5. The molecule has 0 aliphatic carbocycles. The largest absolute Gasteiger partial charge is 0.497 e. The molecule has 0 spiro atoms. The first-order valence-electron chi connectivity index (χ1n) is 11.9. The summed E-state index contributed by atoms with van der Waals surface area (Å²) in [7, 11) is -0.437. The van der Waals surface area contributed by atoms with E-state index < -0.39 is 15.9 Å². The molecule has 0 saturated carbocycles. The van der Waals surface area contributed by atoms with Crippen molar-refractivity contribution in [2.75, 3.05) is 33.9 Å². The standard InChI is InChI=1S/C26H35N3O5S2/c1-18(2)16-28(17-19(3)4)36(31,32)22-10-7-20(8-11-22)25(30)27-26-29(13-14-33-5)23-12-9-21(34-6)15-24(23)35-26/h7-12,15,18-19H,13-14,16-17H2,1-6H3. The van der Waals surface area contributed by atoms with Crippen molar-refractivity contribution in [2.24, 2.45) is 16.8 Å². The number of methoxy groups -OCH3 is 2. The van der Waals surface area contributed by atoms with Crippen LogP contribution in [0.5, 0.6) is 5.75 Å². The molecule has 2 aromatic carbocycles. The van der Waals surface area contributed by atoms with Gasteiger partial charge in [0.05, 0.1) is 28.8 Å². The third kappa shape index (κ3) is 6.61. The van der Waals surface area contributed by atoms with Crippen LogP contribution in [0.25, 0.3) is 10.2 Å². The Labute approximate surface area is 217 Å². The van der Waals surface area contributed by atoms with Gasteiger partial charge in [-0.15, -0.1) is 0 Å². The maximum atomic E-state index is 13.3. The highest BCUT2D eigenvalue weighted by Gasteiger charge is 2.26. The van der Waals surface area contributed by atoms with Crippen LogP contribution in [0.4, 0.5) is 0 Å². The van der Waals surface area contributed by atoms with Crippen molar-refractivity contribution in [3.05, 3.63) is 52.8 Å². The predicted molar refractivity (Wildman–Crippen MR) is 143 cm³/mol. The zero-order valence-electron chi connectivity index (χ0n) is 21.7. The molecule has 0 radical (unpaired) electrons. The minimum absolute atomic E-state index is 0.171. The maximum Gasteiger partial charge on any atom is 0.279 e. The summed E-state index contributed by atoms with van der Waals surface area (Å²) in [5.74, 6) is 0.680. The van der Waals surface area contributed by atoms with Gasteiger partial charge in [0.2, 0.25) is 10.0 Å². The van der Waals surface area contributed by atoms with Gasteiger partial charge in [-0.05, 0) is 54.3 Å². The maximum absolute atomic E-state index is 13.3. The minimum Gasteiger partial charge on any atom is -0.497 e. The average Bonchev–Trinajstić information content (AvgIpc) is 3.17. The first-order chi connectivity index (χ1) is 17.1. The number of aromatic nitrogens is 1. The van der Waals surface area contributed by atoms with Gasteiger partial charge in [0.1, 0.15) is 5.75 Å². The molecule has 3 aromatic rings. The fourth-order valence-electron chi connectivity index (χ4n) is 3.82. The monoisotopic (exact) mass is 533 g/mol. The Morgan fingerprint density at radius 3 is 2.22 bits per heavy atom. The van der Waals surface area contributed by atoms with Crippen LogP contribution >= 0.6 is 11.3 Å². The van der Waals surface area contributed by atoms with Crippen molar-refractivity contribution in [2.45, 2.75) is 39.1 Å². The second kappa shape index (κ2) is 12.1. The highest BCUT2D eigenvalue weighted by atomic mass is 32.2. The SMILES string of the molecule is COCCn1c(=NC(=O)c2ccc(S(=O)(=O)N(CC(C)C)CC(C)C)cc2)sc2cc(OC)ccc21. The van der Waals surface area contributed by atoms with Gasteiger partial charge < -0.3 is 14.0 Å². The van der Waals surface area contributed by atoms with E-state index in [1.165, 1.54) is 39.9 Å². The number of amides is 1. The van der Waals surface area contributed by atoms with Crippen LogP contribution in [0.2, 0.25) is 0 Å². The van der Waals surface area contributed by atoms with Crippen molar-refractivity contribution in [1.82, 2.24) is 8.87 Å². The molecule has 196 valence electrons. The topological polar surface area (TPSA) is 90.2 Å². The van der Waals surface area contributed by atoms with Crippen LogP contribution in [0, 0.1) is 11.8 Å². The quantitative estimate of drug-likeness (QED) is 0.364. The highest BCUT2D eigenvalue weighted by Crippen LogP contribution is 2.24. The molecule has 0 aliphatic rings. The number of ether oxygens (including phenoxy) is 2. The summed E-state index contributed by atoms with van der Waals surface area (Å²) in [5.41, 5.74) is 1.25. The number of hydrogen-bond donors (Lipinski definition) is 0. The van der Waals surface area contributed by atoms with Gasteiger partial charge in [0.15, 0.2) is 4.80 Å². The second-order valence-corrected chi connectivity index (χ2v) is 12.4. The lowest BCUT2D eigenvalue weighted by Gasteiger charge is -2.25. The Hall–Kier alpha value is -2.53. The Bertz CT molecular complexity index is 1350. The number of fused-ring (bicyclic) bond motifs is 1. The molecule has 0 aliphatic heterocycles. The summed E-state index contributed by atoms with van der Waals surface area (Å²) in [6, 6.07) is 11.7. The lowest BCUT2D eigenvalue weighted by atomic mass is 10.2. The number of sulfonamides is 1. The van der Waals surface area contributed by atoms with E-state index in [2.05, 4.69) is 4.99 Å². The summed E-state index contributed by atoms with van der Waals surface area (Å²) in [6.07, 6.45) is 0. The average molecular weight is 534 g/mol. The summed E-state index contributed by atoms with van der Waals surface area (Å²) in [4.78, 5) is 18.1. The zero-order valence-corrected chi connectivity index (χ0v) is 23.4. The Morgan fingerprint density at radius 2 is 1.67 bits per heavy atom. The number of benzene rings is 2. The molecule has 10 heteroatoms. The van der Waals surface area contributed by atoms with Crippen molar-refractivity contribution >= 4 is 37.5 Å². The molecular formula is C26H35N3O5S2. The third-order valence-corrected chi connectivity index (χ3v) is 8.37. The minimum atomic E-state index is -3.67. The van der Waals surface area contributed by atoms with Gasteiger partial charge in [-0.2, -0.15) is 9.30 Å². The lowest BCUT2D eigenvalue weighted by molar-refractivity contribution is 0.0997. The molecule has 1 aromatic heterocycles. The van der Waals surface area contributed by atoms with E-state index >= 15 is 0 Å². The van der Waals surface area contributed by atoms with Gasteiger partial charge >= 0.3 is 0 Å². The van der Waals surface area contributed by atoms with Crippen LogP contribution in [-0.4, -0.2) is 57.1 Å². The molecule has 1 heterocycles. The van der Waals surface area contributed by atoms with E-state index in [0.29, 0.717) is 36.6 Å². The van der Waals surface area contributed by atoms with E-state index in [0.717, 1.165) is 16.0 Å². The number of carbonyl (C=O) groups is 1. The summed E-state index contributed by atoms with van der Waals surface area (Å²) >= 11 is 1.39. The molecule has 0 saturated heterocycles. The molecular weight excluding hydrogens is 498 g/mol. The highest BCUT2D eigenvalue weighted by molar-refractivity contribution is 7.89. The Kier molecular flexibility index (Phi) is 9.46. The fraction of sp³-hybridized carbons (Fsp3) is 0.462. The van der Waals surface area contributed by atoms with E-state index in [1.54, 1.807) is 14.2 Å². The number of nitrogens with zero attached hydrogens (tertiary/aromatic N) is 3. The molecule has 0 N–H and O–H groups in total. The van der Waals surface area contributed by atoms with Crippen molar-refractivity contribution in [1.29, 1.82) is 0 Å². The van der Waals surface area contributed by atoms with Gasteiger partial charge in [-0.3, -0.25) is 4.79 Å². The number of thiazole rings is 1. The van der Waals surface area contributed by atoms with Crippen molar-refractivity contribution in [3.8, 4) is 5.75 Å². The van der Waals surface area contributed by atoms with Gasteiger partial charge in [0, 0.05) is 32.3 Å².